The molecule has 0 aliphatic carbocycles. The van der Waals surface area contributed by atoms with Crippen molar-refractivity contribution in [3.05, 3.63) is 40.3 Å². The van der Waals surface area contributed by atoms with Gasteiger partial charge in [0, 0.05) is 4.91 Å². The highest BCUT2D eigenvalue weighted by Gasteiger charge is 2.40. The van der Waals surface area contributed by atoms with Crippen molar-refractivity contribution in [1.29, 1.82) is 0 Å². The van der Waals surface area contributed by atoms with Crippen molar-refractivity contribution in [3.63, 3.8) is 0 Å². The number of aliphatic hydroxyl groups is 1. The molecule has 1 fully saturated rings. The summed E-state index contributed by atoms with van der Waals surface area (Å²) in [4.78, 5) is 26.0. The Morgan fingerprint density at radius 2 is 2.10 bits per heavy atom. The van der Waals surface area contributed by atoms with Gasteiger partial charge in [-0.25, -0.2) is 4.79 Å². The maximum Gasteiger partial charge on any atom is 0.325 e. The molecule has 0 aromatic heterocycles. The molecule has 1 saturated heterocycles. The topological polar surface area (TPSA) is 164 Å². The van der Waals surface area contributed by atoms with Crippen molar-refractivity contribution in [1.82, 2.24) is 10.6 Å². The van der Waals surface area contributed by atoms with E-state index in [-0.39, 0.29) is 26.4 Å². The standard InChI is InChI=1S/C19H27N5O7/c1-3-30-16(25)8-21-19(27)22-14-10-31-15(17(18(14)26)23-24-20)11-29-9-12-4-6-13(28-2)7-5-12/h4-7,14-15,17-18,26H,3,8-11H2,1-2H3,(H2,21,22,27). The number of azide groups is 1. The maximum absolute atomic E-state index is 12.0. The Kier molecular flexibility index (Phi) is 9.85. The van der Waals surface area contributed by atoms with E-state index in [4.69, 9.17) is 24.5 Å². The average Bonchev–Trinajstić information content (AvgIpc) is 2.77. The minimum absolute atomic E-state index is 0.0258. The van der Waals surface area contributed by atoms with Crippen LogP contribution >= 0.6 is 0 Å². The number of aliphatic hydroxyl groups excluding tert-OH is 1. The molecule has 0 saturated carbocycles. The Labute approximate surface area is 179 Å². The first-order valence-electron chi connectivity index (χ1n) is 9.73. The number of nitrogens with zero attached hydrogens (tertiary/aromatic N) is 3. The molecule has 1 aromatic carbocycles. The Morgan fingerprint density at radius 1 is 1.35 bits per heavy atom. The second-order valence-corrected chi connectivity index (χ2v) is 6.66. The average molecular weight is 437 g/mol. The predicted octanol–water partition coefficient (Wildman–Crippen LogP) is 0.881. The van der Waals surface area contributed by atoms with Crippen molar-refractivity contribution in [2.24, 2.45) is 5.11 Å². The van der Waals surface area contributed by atoms with Gasteiger partial charge in [-0.15, -0.1) is 0 Å². The second-order valence-electron chi connectivity index (χ2n) is 6.66. The van der Waals surface area contributed by atoms with E-state index in [0.717, 1.165) is 11.3 Å². The van der Waals surface area contributed by atoms with Crippen LogP contribution in [0.25, 0.3) is 10.4 Å². The Morgan fingerprint density at radius 3 is 2.74 bits per heavy atom. The van der Waals surface area contributed by atoms with Crippen LogP contribution in [0.5, 0.6) is 5.75 Å². The molecule has 2 amide bonds. The number of benzene rings is 1. The first-order chi connectivity index (χ1) is 15.0. The van der Waals surface area contributed by atoms with E-state index in [1.54, 1.807) is 14.0 Å². The zero-order valence-electron chi connectivity index (χ0n) is 17.4. The summed E-state index contributed by atoms with van der Waals surface area (Å²) in [6.07, 6.45) is -1.89. The van der Waals surface area contributed by atoms with Gasteiger partial charge in [0.25, 0.3) is 0 Å². The Balaban J connectivity index is 1.85. The lowest BCUT2D eigenvalue weighted by molar-refractivity contribution is -0.141. The zero-order valence-corrected chi connectivity index (χ0v) is 17.4. The minimum Gasteiger partial charge on any atom is -0.497 e. The number of hydrogen-bond donors (Lipinski definition) is 3. The molecule has 12 nitrogen and oxygen atoms in total. The highest BCUT2D eigenvalue weighted by atomic mass is 16.5. The van der Waals surface area contributed by atoms with Gasteiger partial charge in [-0.3, -0.25) is 4.79 Å². The summed E-state index contributed by atoms with van der Waals surface area (Å²) in [6, 6.07) is 4.84. The third-order valence-electron chi connectivity index (χ3n) is 4.54. The van der Waals surface area contributed by atoms with Gasteiger partial charge >= 0.3 is 12.0 Å². The largest absolute Gasteiger partial charge is 0.497 e. The summed E-state index contributed by atoms with van der Waals surface area (Å²) in [6.45, 7) is 1.89. The smallest absolute Gasteiger partial charge is 0.325 e. The summed E-state index contributed by atoms with van der Waals surface area (Å²) in [5.74, 6) is 0.148. The molecule has 4 unspecified atom stereocenters. The van der Waals surface area contributed by atoms with Gasteiger partial charge < -0.3 is 34.7 Å². The molecule has 1 heterocycles. The van der Waals surface area contributed by atoms with Gasteiger partial charge in [-0.05, 0) is 30.2 Å². The van der Waals surface area contributed by atoms with Crippen LogP contribution in [0, 0.1) is 0 Å². The zero-order chi connectivity index (χ0) is 22.6. The highest BCUT2D eigenvalue weighted by Crippen LogP contribution is 2.20. The molecule has 0 radical (unpaired) electrons. The number of nitrogens with one attached hydrogen (secondary N) is 2. The first kappa shape index (κ1) is 24.2. The molecule has 1 aliphatic rings. The summed E-state index contributed by atoms with van der Waals surface area (Å²) < 4.78 is 21.1. The molecule has 4 atom stereocenters. The molecule has 2 rings (SSSR count). The SMILES string of the molecule is CCOC(=O)CNC(=O)NC1COC(COCc2ccc(OC)cc2)C(N=[N+]=[N-])C1O. The Hall–Kier alpha value is -3.05. The third kappa shape index (κ3) is 7.61. The number of esters is 1. The number of urea groups is 1. The van der Waals surface area contributed by atoms with E-state index in [1.165, 1.54) is 0 Å². The molecule has 170 valence electrons. The normalized spacial score (nSPS) is 22.7. The highest BCUT2D eigenvalue weighted by molar-refractivity contribution is 5.80. The van der Waals surface area contributed by atoms with Crippen LogP contribution in [0.15, 0.2) is 29.4 Å². The summed E-state index contributed by atoms with van der Waals surface area (Å²) in [7, 11) is 1.58. The van der Waals surface area contributed by atoms with Crippen LogP contribution in [0.2, 0.25) is 0 Å². The number of hydrogen-bond acceptors (Lipinski definition) is 8. The minimum atomic E-state index is -1.20. The molecule has 0 bridgehead atoms. The molecule has 3 N–H and O–H groups in total. The fourth-order valence-corrected chi connectivity index (χ4v) is 2.96. The van der Waals surface area contributed by atoms with Crippen LogP contribution in [0.4, 0.5) is 4.79 Å². The summed E-state index contributed by atoms with van der Waals surface area (Å²) in [5, 5.41) is 19.0. The van der Waals surface area contributed by atoms with E-state index in [2.05, 4.69) is 20.7 Å². The molecular weight excluding hydrogens is 410 g/mol. The molecule has 0 spiro atoms. The van der Waals surface area contributed by atoms with Gasteiger partial charge in [0.15, 0.2) is 0 Å². The summed E-state index contributed by atoms with van der Waals surface area (Å²) in [5.41, 5.74) is 9.77. The van der Waals surface area contributed by atoms with E-state index in [1.807, 2.05) is 24.3 Å². The fraction of sp³-hybridized carbons (Fsp3) is 0.579. The third-order valence-corrected chi connectivity index (χ3v) is 4.54. The number of rotatable bonds is 10. The lowest BCUT2D eigenvalue weighted by Gasteiger charge is -2.38. The number of carbonyl (C=O) groups excluding carboxylic acids is 2. The molecule has 31 heavy (non-hydrogen) atoms. The van der Waals surface area contributed by atoms with Crippen molar-refractivity contribution < 1.29 is 33.6 Å². The molecular formula is C19H27N5O7. The van der Waals surface area contributed by atoms with Crippen molar-refractivity contribution >= 4 is 12.0 Å². The number of carbonyl (C=O) groups is 2. The van der Waals surface area contributed by atoms with Crippen LogP contribution in [-0.4, -0.2) is 74.9 Å². The predicted molar refractivity (Wildman–Crippen MR) is 108 cm³/mol. The van der Waals surface area contributed by atoms with Gasteiger partial charge in [0.05, 0.1) is 57.8 Å². The van der Waals surface area contributed by atoms with Gasteiger partial charge in [0.2, 0.25) is 0 Å². The van der Waals surface area contributed by atoms with E-state index in [0.29, 0.717) is 6.61 Å². The van der Waals surface area contributed by atoms with E-state index < -0.39 is 36.3 Å². The van der Waals surface area contributed by atoms with Crippen LogP contribution in [0.1, 0.15) is 12.5 Å². The van der Waals surface area contributed by atoms with Gasteiger partial charge in [-0.2, -0.15) is 0 Å². The lowest BCUT2D eigenvalue weighted by atomic mass is 9.96. The molecule has 1 aliphatic heterocycles. The Bertz CT molecular complexity index is 769. The quantitative estimate of drug-likeness (QED) is 0.212. The van der Waals surface area contributed by atoms with E-state index in [9.17, 15) is 14.7 Å². The van der Waals surface area contributed by atoms with Crippen LogP contribution in [-0.2, 0) is 25.6 Å². The summed E-state index contributed by atoms with van der Waals surface area (Å²) >= 11 is 0. The maximum atomic E-state index is 12.0. The van der Waals surface area contributed by atoms with Crippen molar-refractivity contribution in [3.8, 4) is 5.75 Å². The van der Waals surface area contributed by atoms with Gasteiger partial charge in [-0.1, -0.05) is 17.2 Å². The van der Waals surface area contributed by atoms with Crippen molar-refractivity contribution in [2.45, 2.75) is 37.8 Å². The fourth-order valence-electron chi connectivity index (χ4n) is 2.96. The monoisotopic (exact) mass is 437 g/mol. The number of amides is 2. The number of ether oxygens (including phenoxy) is 4. The molecule has 1 aromatic rings. The van der Waals surface area contributed by atoms with Crippen LogP contribution in [0.3, 0.4) is 0 Å². The van der Waals surface area contributed by atoms with Gasteiger partial charge in [0.1, 0.15) is 12.3 Å². The second kappa shape index (κ2) is 12.6. The molecule has 12 heteroatoms. The van der Waals surface area contributed by atoms with Crippen LogP contribution < -0.4 is 15.4 Å². The lowest BCUT2D eigenvalue weighted by Crippen LogP contribution is -2.60. The van der Waals surface area contributed by atoms with Crippen molar-refractivity contribution in [2.75, 3.05) is 33.5 Å². The first-order valence-corrected chi connectivity index (χ1v) is 9.73. The number of methoxy groups -OCH3 is 1. The van der Waals surface area contributed by atoms with E-state index >= 15 is 0 Å².